The van der Waals surface area contributed by atoms with Crippen molar-refractivity contribution in [3.05, 3.63) is 24.3 Å². The summed E-state index contributed by atoms with van der Waals surface area (Å²) in [5, 5.41) is 15.7. The zero-order chi connectivity index (χ0) is 14.2. The number of aliphatic carboxylic acids is 1. The topological polar surface area (TPSA) is 121 Å². The molecule has 2 rings (SSSR count). The summed E-state index contributed by atoms with van der Waals surface area (Å²) in [7, 11) is -3.79. The lowest BCUT2D eigenvalue weighted by Gasteiger charge is -2.17. The van der Waals surface area contributed by atoms with Crippen molar-refractivity contribution in [2.75, 3.05) is 11.4 Å². The van der Waals surface area contributed by atoms with Crippen molar-refractivity contribution in [1.82, 2.24) is 0 Å². The van der Waals surface area contributed by atoms with E-state index >= 15 is 0 Å². The van der Waals surface area contributed by atoms with Gasteiger partial charge in [-0.1, -0.05) is 0 Å². The predicted octanol–water partition coefficient (Wildman–Crippen LogP) is -1.56. The van der Waals surface area contributed by atoms with E-state index in [0.717, 1.165) is 0 Å². The Morgan fingerprint density at radius 1 is 1.32 bits per heavy atom. The molecule has 1 aromatic rings. The van der Waals surface area contributed by atoms with Gasteiger partial charge in [0.1, 0.15) is 0 Å². The van der Waals surface area contributed by atoms with Crippen molar-refractivity contribution >= 4 is 27.6 Å². The van der Waals surface area contributed by atoms with Gasteiger partial charge in [0.25, 0.3) is 0 Å². The number of carbonyl (C=O) groups is 2. The second-order valence-corrected chi connectivity index (χ2v) is 5.82. The van der Waals surface area contributed by atoms with Crippen LogP contribution < -0.4 is 15.1 Å². The summed E-state index contributed by atoms with van der Waals surface area (Å²) < 4.78 is 22.2. The number of amides is 1. The van der Waals surface area contributed by atoms with E-state index in [1.807, 2.05) is 0 Å². The number of carboxylic acid groups (broad SMARTS) is 1. The molecule has 102 valence electrons. The molecule has 0 aromatic heterocycles. The highest BCUT2D eigenvalue weighted by Gasteiger charge is 2.31. The third-order valence-electron chi connectivity index (χ3n) is 2.94. The van der Waals surface area contributed by atoms with Crippen molar-refractivity contribution in [2.45, 2.75) is 11.3 Å². The monoisotopic (exact) mass is 283 g/mol. The number of benzene rings is 1. The van der Waals surface area contributed by atoms with E-state index in [9.17, 15) is 23.1 Å². The van der Waals surface area contributed by atoms with Gasteiger partial charge in [-0.25, -0.2) is 13.6 Å². The van der Waals surface area contributed by atoms with Gasteiger partial charge in [-0.2, -0.15) is 0 Å². The summed E-state index contributed by atoms with van der Waals surface area (Å²) in [5.74, 6) is -2.44. The maximum atomic E-state index is 11.7. The van der Waals surface area contributed by atoms with Crippen molar-refractivity contribution in [1.29, 1.82) is 0 Å². The first-order valence-corrected chi connectivity index (χ1v) is 6.98. The Morgan fingerprint density at radius 3 is 2.32 bits per heavy atom. The molecule has 0 radical (unpaired) electrons. The van der Waals surface area contributed by atoms with E-state index in [0.29, 0.717) is 5.69 Å². The number of carbonyl (C=O) groups excluding carboxylic acids is 2. The van der Waals surface area contributed by atoms with Gasteiger partial charge in [0, 0.05) is 30.5 Å². The lowest BCUT2D eigenvalue weighted by molar-refractivity contribution is -0.310. The van der Waals surface area contributed by atoms with Crippen LogP contribution in [-0.2, 0) is 19.6 Å². The Hall–Kier alpha value is -1.93. The van der Waals surface area contributed by atoms with Crippen LogP contribution in [0.25, 0.3) is 0 Å². The summed E-state index contributed by atoms with van der Waals surface area (Å²) in [6.45, 7) is 0.0237. The highest BCUT2D eigenvalue weighted by Crippen LogP contribution is 2.25. The number of sulfonamides is 1. The molecule has 1 amide bonds. The Balaban J connectivity index is 2.24. The molecule has 7 nitrogen and oxygen atoms in total. The molecule has 19 heavy (non-hydrogen) atoms. The molecule has 1 aromatic carbocycles. The van der Waals surface area contributed by atoms with Crippen LogP contribution in [0.1, 0.15) is 6.42 Å². The normalized spacial score (nSPS) is 19.7. The number of hydrogen-bond donors (Lipinski definition) is 1. The summed E-state index contributed by atoms with van der Waals surface area (Å²) >= 11 is 0. The first kappa shape index (κ1) is 13.5. The summed E-state index contributed by atoms with van der Waals surface area (Å²) in [5.41, 5.74) is 0.432. The fourth-order valence-corrected chi connectivity index (χ4v) is 2.45. The molecule has 8 heteroatoms. The lowest BCUT2D eigenvalue weighted by atomic mass is 10.1. The van der Waals surface area contributed by atoms with Gasteiger partial charge in [0.15, 0.2) is 0 Å². The maximum absolute atomic E-state index is 11.7. The van der Waals surface area contributed by atoms with Crippen LogP contribution in [0, 0.1) is 5.92 Å². The fourth-order valence-electron chi connectivity index (χ4n) is 1.93. The highest BCUT2D eigenvalue weighted by atomic mass is 32.2. The summed E-state index contributed by atoms with van der Waals surface area (Å²) in [6, 6.07) is 5.36. The quantitative estimate of drug-likeness (QED) is 0.719. The van der Waals surface area contributed by atoms with Crippen LogP contribution in [-0.4, -0.2) is 26.8 Å². The molecule has 0 spiro atoms. The molecular weight excluding hydrogens is 272 g/mol. The summed E-state index contributed by atoms with van der Waals surface area (Å²) in [6.07, 6.45) is -0.112. The second-order valence-electron chi connectivity index (χ2n) is 4.26. The highest BCUT2D eigenvalue weighted by molar-refractivity contribution is 7.89. The minimum atomic E-state index is -3.79. The van der Waals surface area contributed by atoms with Crippen molar-refractivity contribution in [3.63, 3.8) is 0 Å². The molecule has 1 aliphatic rings. The number of nitrogens with two attached hydrogens (primary N) is 1. The average Bonchev–Trinajstić information content (AvgIpc) is 2.70. The molecule has 0 bridgehead atoms. The zero-order valence-corrected chi connectivity index (χ0v) is 10.6. The molecule has 2 N–H and O–H groups in total. The lowest BCUT2D eigenvalue weighted by Crippen LogP contribution is -2.33. The molecule has 1 saturated heterocycles. The van der Waals surface area contributed by atoms with Crippen LogP contribution in [0.5, 0.6) is 0 Å². The molecule has 1 heterocycles. The van der Waals surface area contributed by atoms with E-state index in [2.05, 4.69) is 0 Å². The molecule has 1 atom stereocenters. The third kappa shape index (κ3) is 2.74. The smallest absolute Gasteiger partial charge is 0.238 e. The maximum Gasteiger partial charge on any atom is 0.238 e. The summed E-state index contributed by atoms with van der Waals surface area (Å²) in [4.78, 5) is 23.6. The fraction of sp³-hybridized carbons (Fsp3) is 0.273. The number of anilines is 1. The minimum Gasteiger partial charge on any atom is -0.550 e. The van der Waals surface area contributed by atoms with Gasteiger partial charge in [-0.15, -0.1) is 0 Å². The van der Waals surface area contributed by atoms with Crippen LogP contribution in [0.3, 0.4) is 0 Å². The first-order chi connectivity index (χ1) is 8.79. The number of hydrogen-bond acceptors (Lipinski definition) is 5. The number of nitrogens with zero attached hydrogens (tertiary/aromatic N) is 1. The molecule has 0 unspecified atom stereocenters. The Kier molecular flexibility index (Phi) is 3.29. The minimum absolute atomic E-state index is 0.0237. The van der Waals surface area contributed by atoms with Crippen molar-refractivity contribution in [2.24, 2.45) is 11.1 Å². The van der Waals surface area contributed by atoms with Gasteiger partial charge < -0.3 is 14.8 Å². The van der Waals surface area contributed by atoms with E-state index in [1.54, 1.807) is 0 Å². The standard InChI is InChI=1S/C11H12N2O5S/c12-19(17,18)9-3-1-8(2-4-9)13-6-7(11(15)16)5-10(13)14/h1-4,7H,5-6H2,(H,15,16)(H2,12,17,18)/p-1/t7-/m0/s1. The van der Waals surface area contributed by atoms with Crippen LogP contribution in [0.2, 0.25) is 0 Å². The van der Waals surface area contributed by atoms with E-state index in [4.69, 9.17) is 5.14 Å². The molecule has 0 saturated carbocycles. The van der Waals surface area contributed by atoms with Gasteiger partial charge in [0.2, 0.25) is 15.9 Å². The van der Waals surface area contributed by atoms with E-state index in [1.165, 1.54) is 29.2 Å². The SMILES string of the molecule is NS(=O)(=O)c1ccc(N2C[C@@H](C(=O)[O-])CC2=O)cc1. The molecule has 0 aliphatic carbocycles. The largest absolute Gasteiger partial charge is 0.550 e. The van der Waals surface area contributed by atoms with Crippen molar-refractivity contribution in [3.8, 4) is 0 Å². The average molecular weight is 283 g/mol. The van der Waals surface area contributed by atoms with Gasteiger partial charge in [-0.05, 0) is 24.3 Å². The van der Waals surface area contributed by atoms with E-state index < -0.39 is 21.9 Å². The van der Waals surface area contributed by atoms with Gasteiger partial charge in [0.05, 0.1) is 4.90 Å². The van der Waals surface area contributed by atoms with Crippen molar-refractivity contribution < 1.29 is 23.1 Å². The van der Waals surface area contributed by atoms with Gasteiger partial charge in [-0.3, -0.25) is 4.79 Å². The molecule has 1 fully saturated rings. The van der Waals surface area contributed by atoms with Crippen LogP contribution >= 0.6 is 0 Å². The molecular formula is C11H11N2O5S-. The predicted molar refractivity (Wildman–Crippen MR) is 63.3 cm³/mol. The third-order valence-corrected chi connectivity index (χ3v) is 3.86. The van der Waals surface area contributed by atoms with E-state index in [-0.39, 0.29) is 23.8 Å². The Bertz CT molecular complexity index is 623. The Labute approximate surface area is 109 Å². The van der Waals surface area contributed by atoms with Gasteiger partial charge >= 0.3 is 0 Å². The first-order valence-electron chi connectivity index (χ1n) is 5.43. The van der Waals surface area contributed by atoms with Crippen LogP contribution in [0.4, 0.5) is 5.69 Å². The number of primary sulfonamides is 1. The molecule has 1 aliphatic heterocycles. The zero-order valence-electron chi connectivity index (χ0n) is 9.78. The van der Waals surface area contributed by atoms with Crippen LogP contribution in [0.15, 0.2) is 29.2 Å². The number of rotatable bonds is 3. The second kappa shape index (κ2) is 4.63. The Morgan fingerprint density at radius 2 is 1.89 bits per heavy atom. The number of carboxylic acids is 1.